The molecule has 10 heavy (non-hydrogen) atoms. The Morgan fingerprint density at radius 3 is 2.80 bits per heavy atom. The number of ether oxygens (including phenoxy) is 1. The fraction of sp³-hybridized carbons (Fsp3) is 0.571. The van der Waals surface area contributed by atoms with Crippen LogP contribution in [0.2, 0.25) is 0 Å². The van der Waals surface area contributed by atoms with Crippen molar-refractivity contribution in [3.8, 4) is 12.3 Å². The third kappa shape index (κ3) is 0.869. The highest BCUT2D eigenvalue weighted by molar-refractivity contribution is 5.77. The van der Waals surface area contributed by atoms with Crippen molar-refractivity contribution < 1.29 is 9.84 Å². The highest BCUT2D eigenvalue weighted by Gasteiger charge is 2.41. The van der Waals surface area contributed by atoms with Crippen LogP contribution in [0.1, 0.15) is 13.3 Å². The van der Waals surface area contributed by atoms with E-state index in [0.29, 0.717) is 0 Å². The van der Waals surface area contributed by atoms with Crippen molar-refractivity contribution in [3.63, 3.8) is 0 Å². The Morgan fingerprint density at radius 2 is 2.60 bits per heavy atom. The molecular weight excluding hydrogens is 130 g/mol. The average Bonchev–Trinajstić information content (AvgIpc) is 2.09. The maximum atomic E-state index is 9.21. The minimum atomic E-state index is -0.975. The van der Waals surface area contributed by atoms with Crippen LogP contribution in [0.25, 0.3) is 0 Å². The maximum Gasteiger partial charge on any atom is 0.193 e. The molecule has 1 aliphatic rings. The van der Waals surface area contributed by atoms with E-state index < -0.39 is 11.7 Å². The van der Waals surface area contributed by atoms with Crippen LogP contribution in [0.5, 0.6) is 0 Å². The van der Waals surface area contributed by atoms with E-state index in [2.05, 4.69) is 5.92 Å². The van der Waals surface area contributed by atoms with E-state index in [-0.39, 0.29) is 12.3 Å². The number of rotatable bonds is 0. The standard InChI is InChI=1S/C7H9NO2/c1-3-7(2)5(9)4-6(8)10-7/h1,5,8-9H,4H2,2H3/t5-,7-/m1/s1. The largest absolute Gasteiger partial charge is 0.459 e. The summed E-state index contributed by atoms with van der Waals surface area (Å²) in [5.41, 5.74) is -0.975. The van der Waals surface area contributed by atoms with Gasteiger partial charge in [0.15, 0.2) is 11.5 Å². The topological polar surface area (TPSA) is 53.3 Å². The van der Waals surface area contributed by atoms with Crippen molar-refractivity contribution >= 4 is 5.90 Å². The predicted molar refractivity (Wildman–Crippen MR) is 36.7 cm³/mol. The Labute approximate surface area is 59.5 Å². The van der Waals surface area contributed by atoms with E-state index in [9.17, 15) is 5.11 Å². The van der Waals surface area contributed by atoms with Crippen molar-refractivity contribution in [2.75, 3.05) is 0 Å². The molecule has 0 aromatic carbocycles. The molecule has 2 N–H and O–H groups in total. The first-order valence-corrected chi connectivity index (χ1v) is 3.01. The SMILES string of the molecule is C#C[C@@]1(C)OC(=N)C[C@H]1O. The molecule has 2 atom stereocenters. The quantitative estimate of drug-likeness (QED) is 0.469. The summed E-state index contributed by atoms with van der Waals surface area (Å²) in [4.78, 5) is 0. The summed E-state index contributed by atoms with van der Waals surface area (Å²) in [6.45, 7) is 1.60. The smallest absolute Gasteiger partial charge is 0.193 e. The van der Waals surface area contributed by atoms with Gasteiger partial charge in [0.1, 0.15) is 6.10 Å². The molecule has 3 nitrogen and oxygen atoms in total. The van der Waals surface area contributed by atoms with Crippen molar-refractivity contribution in [1.29, 1.82) is 5.41 Å². The fourth-order valence-electron chi connectivity index (χ4n) is 0.862. The minimum absolute atomic E-state index is 0.0629. The Morgan fingerprint density at radius 1 is 2.00 bits per heavy atom. The number of terminal acetylenes is 1. The summed E-state index contributed by atoms with van der Waals surface area (Å²) in [6, 6.07) is 0. The van der Waals surface area contributed by atoms with Crippen LogP contribution >= 0.6 is 0 Å². The normalized spacial score (nSPS) is 38.9. The summed E-state index contributed by atoms with van der Waals surface area (Å²) in [7, 11) is 0. The third-order valence-electron chi connectivity index (χ3n) is 1.64. The molecule has 0 spiro atoms. The van der Waals surface area contributed by atoms with Gasteiger partial charge in [-0.3, -0.25) is 5.41 Å². The molecule has 3 heteroatoms. The molecule has 1 fully saturated rings. The lowest BCUT2D eigenvalue weighted by Crippen LogP contribution is -2.33. The van der Waals surface area contributed by atoms with Crippen LogP contribution in [-0.4, -0.2) is 22.7 Å². The predicted octanol–water partition coefficient (Wildman–Crippen LogP) is 0.137. The molecule has 0 unspecified atom stereocenters. The number of aliphatic hydroxyl groups excluding tert-OH is 1. The zero-order valence-electron chi connectivity index (χ0n) is 5.72. The number of hydrogen-bond donors (Lipinski definition) is 2. The van der Waals surface area contributed by atoms with Gasteiger partial charge in [-0.05, 0) is 6.92 Å². The number of nitrogens with one attached hydrogen (secondary N) is 1. The van der Waals surface area contributed by atoms with E-state index >= 15 is 0 Å². The van der Waals surface area contributed by atoms with Gasteiger partial charge in [0.2, 0.25) is 0 Å². The lowest BCUT2D eigenvalue weighted by molar-refractivity contribution is 0.0353. The first-order chi connectivity index (χ1) is 4.58. The highest BCUT2D eigenvalue weighted by Crippen LogP contribution is 2.25. The second-order valence-electron chi connectivity index (χ2n) is 2.50. The molecule has 1 aliphatic heterocycles. The number of hydrogen-bond acceptors (Lipinski definition) is 3. The molecule has 54 valence electrons. The fourth-order valence-corrected chi connectivity index (χ4v) is 0.862. The maximum absolute atomic E-state index is 9.21. The summed E-state index contributed by atoms with van der Waals surface area (Å²) in [6.07, 6.45) is 4.58. The minimum Gasteiger partial charge on any atom is -0.459 e. The van der Waals surface area contributed by atoms with Crippen LogP contribution in [0, 0.1) is 17.8 Å². The second-order valence-corrected chi connectivity index (χ2v) is 2.50. The van der Waals surface area contributed by atoms with Gasteiger partial charge >= 0.3 is 0 Å². The van der Waals surface area contributed by atoms with Gasteiger partial charge in [-0.1, -0.05) is 5.92 Å². The number of aliphatic hydroxyl groups is 1. The van der Waals surface area contributed by atoms with Gasteiger partial charge in [-0.25, -0.2) is 0 Å². The van der Waals surface area contributed by atoms with Gasteiger partial charge in [0.25, 0.3) is 0 Å². The van der Waals surface area contributed by atoms with Gasteiger partial charge in [0.05, 0.1) is 6.42 Å². The zero-order valence-corrected chi connectivity index (χ0v) is 5.72. The molecule has 1 rings (SSSR count). The van der Waals surface area contributed by atoms with E-state index in [1.165, 1.54) is 0 Å². The van der Waals surface area contributed by atoms with Gasteiger partial charge in [-0.2, -0.15) is 0 Å². The third-order valence-corrected chi connectivity index (χ3v) is 1.64. The molecule has 0 aromatic heterocycles. The van der Waals surface area contributed by atoms with Crippen LogP contribution < -0.4 is 0 Å². The molecule has 0 amide bonds. The molecular formula is C7H9NO2. The molecule has 0 bridgehead atoms. The first-order valence-electron chi connectivity index (χ1n) is 3.01. The van der Waals surface area contributed by atoms with Crippen LogP contribution in [0.3, 0.4) is 0 Å². The summed E-state index contributed by atoms with van der Waals surface area (Å²) in [5.74, 6) is 2.37. The zero-order chi connectivity index (χ0) is 7.78. The van der Waals surface area contributed by atoms with Crippen molar-refractivity contribution in [2.45, 2.75) is 25.0 Å². The first kappa shape index (κ1) is 7.10. The van der Waals surface area contributed by atoms with Gasteiger partial charge in [-0.15, -0.1) is 6.42 Å². The van der Waals surface area contributed by atoms with Gasteiger partial charge in [0, 0.05) is 0 Å². The monoisotopic (exact) mass is 139 g/mol. The Hall–Kier alpha value is -1.01. The van der Waals surface area contributed by atoms with Crippen LogP contribution in [0.15, 0.2) is 0 Å². The summed E-state index contributed by atoms with van der Waals surface area (Å²) < 4.78 is 4.91. The lowest BCUT2D eigenvalue weighted by atomic mass is 10.0. The van der Waals surface area contributed by atoms with Gasteiger partial charge < -0.3 is 9.84 Å². The molecule has 1 saturated heterocycles. The van der Waals surface area contributed by atoms with Crippen molar-refractivity contribution in [1.82, 2.24) is 0 Å². The summed E-state index contributed by atoms with van der Waals surface area (Å²) in [5, 5.41) is 16.3. The van der Waals surface area contributed by atoms with Crippen molar-refractivity contribution in [3.05, 3.63) is 0 Å². The van der Waals surface area contributed by atoms with E-state index in [1.807, 2.05) is 0 Å². The lowest BCUT2D eigenvalue weighted by Gasteiger charge is -2.18. The second kappa shape index (κ2) is 1.99. The van der Waals surface area contributed by atoms with E-state index in [4.69, 9.17) is 16.6 Å². The van der Waals surface area contributed by atoms with Crippen molar-refractivity contribution in [2.24, 2.45) is 0 Å². The Kier molecular flexibility index (Phi) is 1.42. The molecule has 0 aromatic rings. The summed E-state index contributed by atoms with van der Waals surface area (Å²) >= 11 is 0. The van der Waals surface area contributed by atoms with E-state index in [1.54, 1.807) is 6.92 Å². The van der Waals surface area contributed by atoms with E-state index in [0.717, 1.165) is 0 Å². The average molecular weight is 139 g/mol. The Bertz CT molecular complexity index is 206. The molecule has 0 radical (unpaired) electrons. The highest BCUT2D eigenvalue weighted by atomic mass is 16.5. The molecule has 0 saturated carbocycles. The van der Waals surface area contributed by atoms with Crippen LogP contribution in [-0.2, 0) is 4.74 Å². The van der Waals surface area contributed by atoms with Crippen LogP contribution in [0.4, 0.5) is 0 Å². The Balaban J connectivity index is 2.83. The molecule has 1 heterocycles. The molecule has 0 aliphatic carbocycles.